The first kappa shape index (κ1) is 44.9. The third-order valence-electron chi connectivity index (χ3n) is 8.78. The highest BCUT2D eigenvalue weighted by Gasteiger charge is 2.27. The number of nitrogens with two attached hydrogens (primary N) is 2. The van der Waals surface area contributed by atoms with Crippen molar-refractivity contribution < 1.29 is 29.3 Å². The minimum atomic E-state index is -1.16. The molecule has 0 bridgehead atoms. The molecule has 4 aromatic rings. The minimum Gasteiger partial charge on any atom is -0.494 e. The molecular weight excluding hydrogens is 729 g/mol. The molecule has 8 N–H and O–H groups in total. The zero-order valence-corrected chi connectivity index (χ0v) is 33.7. The van der Waals surface area contributed by atoms with Gasteiger partial charge in [-0.15, -0.1) is 11.3 Å². The maximum atomic E-state index is 13.6. The fraction of sp³-hybridized carbons (Fsp3) is 0.372. The van der Waals surface area contributed by atoms with Crippen molar-refractivity contribution in [1.29, 1.82) is 0 Å². The predicted octanol–water partition coefficient (Wildman–Crippen LogP) is 6.74. The molecule has 0 aliphatic heterocycles. The lowest BCUT2D eigenvalue weighted by atomic mass is 9.95. The average molecular weight is 785 g/mol. The summed E-state index contributed by atoms with van der Waals surface area (Å²) in [6.07, 6.45) is 12.9. The third kappa shape index (κ3) is 14.3. The second-order valence-electron chi connectivity index (χ2n) is 14.3. The quantitative estimate of drug-likeness (QED) is 0.0356. The number of aromatic nitrogens is 2. The van der Waals surface area contributed by atoms with Crippen LogP contribution in [-0.2, 0) is 21.4 Å². The molecular formula is C43H56N6O6S. The molecule has 0 spiro atoms. The van der Waals surface area contributed by atoms with Crippen molar-refractivity contribution in [2.24, 2.45) is 11.5 Å². The molecule has 0 saturated heterocycles. The van der Waals surface area contributed by atoms with Gasteiger partial charge in [-0.2, -0.15) is 0 Å². The van der Waals surface area contributed by atoms with Gasteiger partial charge in [-0.1, -0.05) is 89.8 Å². The Balaban J connectivity index is 0.00000271. The highest BCUT2D eigenvalue weighted by molar-refractivity contribution is 7.14. The van der Waals surface area contributed by atoms with Crippen LogP contribution in [-0.4, -0.2) is 63.3 Å². The molecule has 0 saturated carbocycles. The summed E-state index contributed by atoms with van der Waals surface area (Å²) >= 11 is 1.40. The number of aliphatic hydroxyl groups excluding tert-OH is 1. The van der Waals surface area contributed by atoms with Crippen molar-refractivity contribution in [2.45, 2.75) is 96.7 Å². The van der Waals surface area contributed by atoms with E-state index >= 15 is 0 Å². The van der Waals surface area contributed by atoms with E-state index in [2.05, 4.69) is 48.3 Å². The van der Waals surface area contributed by atoms with E-state index in [0.29, 0.717) is 10.7 Å². The maximum Gasteiger partial charge on any atom is 0.290 e. The Bertz CT molecular complexity index is 1870. The standard InChI is InChI=1S/C42H54N6O4S.CH2O2/c1-6-7-8-9-10-24-52-33-19-17-30(18-20-33)32-26-45-39(46-27-32)31-15-13-29(14-16-31)25-35(40(50)47-28(2)38(49)34(44)12-11-23-43)48-41(51)36-21-22-37(53-36)42(3,4)5;2-1-3/h11-23,26-28,35,38,49H,6-10,24-25,43-44H2,1-5H3,(H,47,50)(H,48,51);1H,(H,2,3)/b23-11-,34-12-;. The number of thiophene rings is 1. The van der Waals surface area contributed by atoms with Gasteiger partial charge in [0.25, 0.3) is 12.4 Å². The summed E-state index contributed by atoms with van der Waals surface area (Å²) < 4.78 is 5.90. The summed E-state index contributed by atoms with van der Waals surface area (Å²) in [5.74, 6) is 0.615. The fourth-order valence-electron chi connectivity index (χ4n) is 5.55. The first-order chi connectivity index (χ1) is 26.8. The summed E-state index contributed by atoms with van der Waals surface area (Å²) in [6, 6.07) is 17.6. The number of carbonyl (C=O) groups is 3. The van der Waals surface area contributed by atoms with Crippen molar-refractivity contribution in [3.63, 3.8) is 0 Å². The van der Waals surface area contributed by atoms with Gasteiger partial charge in [-0.25, -0.2) is 9.97 Å². The number of carboxylic acid groups (broad SMARTS) is 1. The molecule has 0 aliphatic carbocycles. The molecule has 0 fully saturated rings. The number of carbonyl (C=O) groups excluding carboxylic acids is 2. The zero-order valence-electron chi connectivity index (χ0n) is 32.9. The smallest absolute Gasteiger partial charge is 0.290 e. The Morgan fingerprint density at radius 3 is 2.12 bits per heavy atom. The van der Waals surface area contributed by atoms with Crippen LogP contribution in [0, 0.1) is 0 Å². The third-order valence-corrected chi connectivity index (χ3v) is 10.3. The number of aliphatic hydroxyl groups is 1. The molecule has 3 atom stereocenters. The van der Waals surface area contributed by atoms with Gasteiger partial charge in [-0.05, 0) is 72.5 Å². The molecule has 56 heavy (non-hydrogen) atoms. The first-order valence-corrected chi connectivity index (χ1v) is 19.6. The first-order valence-electron chi connectivity index (χ1n) is 18.8. The Hall–Kier alpha value is -5.53. The molecule has 300 valence electrons. The van der Waals surface area contributed by atoms with Gasteiger partial charge in [0.2, 0.25) is 5.91 Å². The Labute approximate surface area is 334 Å². The molecule has 2 aromatic heterocycles. The van der Waals surface area contributed by atoms with Gasteiger partial charge in [-0.3, -0.25) is 14.4 Å². The van der Waals surface area contributed by atoms with Crippen LogP contribution in [0.2, 0.25) is 0 Å². The second-order valence-corrected chi connectivity index (χ2v) is 15.4. The van der Waals surface area contributed by atoms with Crippen LogP contribution in [0.25, 0.3) is 22.5 Å². The molecule has 0 aliphatic rings. The Kier molecular flexibility index (Phi) is 18.2. The number of rotatable bonds is 18. The lowest BCUT2D eigenvalue weighted by Gasteiger charge is -2.24. The number of hydrogen-bond acceptors (Lipinski definition) is 10. The number of amides is 2. The van der Waals surface area contributed by atoms with Crippen molar-refractivity contribution >= 4 is 29.6 Å². The molecule has 2 heterocycles. The van der Waals surface area contributed by atoms with Gasteiger partial charge < -0.3 is 37.1 Å². The second kappa shape index (κ2) is 22.8. The van der Waals surface area contributed by atoms with Crippen molar-refractivity contribution in [1.82, 2.24) is 20.6 Å². The van der Waals surface area contributed by atoms with Crippen molar-refractivity contribution in [3.05, 3.63) is 112 Å². The zero-order chi connectivity index (χ0) is 41.1. The number of benzene rings is 2. The Morgan fingerprint density at radius 2 is 1.54 bits per heavy atom. The summed E-state index contributed by atoms with van der Waals surface area (Å²) in [4.78, 5) is 46.2. The number of ether oxygens (including phenoxy) is 1. The molecule has 12 nitrogen and oxygen atoms in total. The van der Waals surface area contributed by atoms with Crippen LogP contribution in [0.1, 0.15) is 86.8 Å². The van der Waals surface area contributed by atoms with Gasteiger partial charge in [0.1, 0.15) is 17.9 Å². The van der Waals surface area contributed by atoms with E-state index in [-0.39, 0.29) is 29.9 Å². The van der Waals surface area contributed by atoms with Gasteiger partial charge in [0.15, 0.2) is 5.82 Å². The predicted molar refractivity (Wildman–Crippen MR) is 223 cm³/mol. The van der Waals surface area contributed by atoms with Gasteiger partial charge in [0, 0.05) is 40.5 Å². The van der Waals surface area contributed by atoms with Crippen LogP contribution in [0.4, 0.5) is 0 Å². The summed E-state index contributed by atoms with van der Waals surface area (Å²) in [6.45, 7) is 10.6. The van der Waals surface area contributed by atoms with Crippen LogP contribution >= 0.6 is 11.3 Å². The van der Waals surface area contributed by atoms with Crippen LogP contribution < -0.4 is 26.8 Å². The molecule has 13 heteroatoms. The highest BCUT2D eigenvalue weighted by Crippen LogP contribution is 2.30. The molecule has 0 radical (unpaired) electrons. The van der Waals surface area contributed by atoms with E-state index in [1.54, 1.807) is 25.4 Å². The number of nitrogens with one attached hydrogen (secondary N) is 2. The molecule has 2 aromatic carbocycles. The monoisotopic (exact) mass is 784 g/mol. The van der Waals surface area contributed by atoms with E-state index in [1.165, 1.54) is 55.4 Å². The van der Waals surface area contributed by atoms with Crippen LogP contribution in [0.15, 0.2) is 97.1 Å². The van der Waals surface area contributed by atoms with E-state index in [1.807, 2.05) is 54.6 Å². The average Bonchev–Trinajstić information content (AvgIpc) is 3.71. The lowest BCUT2D eigenvalue weighted by molar-refractivity contribution is -0.124. The van der Waals surface area contributed by atoms with Crippen LogP contribution in [0.3, 0.4) is 0 Å². The molecule has 3 unspecified atom stereocenters. The molecule has 2 amide bonds. The topological polar surface area (TPSA) is 203 Å². The van der Waals surface area contributed by atoms with E-state index in [4.69, 9.17) is 26.1 Å². The normalized spacial score (nSPS) is 13.2. The van der Waals surface area contributed by atoms with Crippen molar-refractivity contribution in [3.8, 4) is 28.3 Å². The summed E-state index contributed by atoms with van der Waals surface area (Å²) in [5, 5.41) is 23.3. The lowest BCUT2D eigenvalue weighted by Crippen LogP contribution is -2.53. The van der Waals surface area contributed by atoms with E-state index in [0.717, 1.165) is 45.9 Å². The number of allylic oxidation sites excluding steroid dienone is 2. The number of unbranched alkanes of at least 4 members (excludes halogenated alkanes) is 4. The molecule has 4 rings (SSSR count). The number of nitrogens with zero attached hydrogens (tertiary/aromatic N) is 2. The van der Waals surface area contributed by atoms with E-state index < -0.39 is 24.1 Å². The van der Waals surface area contributed by atoms with Gasteiger partial charge >= 0.3 is 0 Å². The number of hydrogen-bond donors (Lipinski definition) is 6. The maximum absolute atomic E-state index is 13.6. The van der Waals surface area contributed by atoms with Crippen LogP contribution in [0.5, 0.6) is 5.75 Å². The SMILES string of the molecule is CCCCCCCOc1ccc(-c2cnc(-c3ccc(CC(NC(=O)c4ccc(C(C)(C)C)s4)C(=O)NC(C)C(O)/C(N)=C/C=C\N)cc3)nc2)cc1.O=CO. The van der Waals surface area contributed by atoms with Crippen molar-refractivity contribution in [2.75, 3.05) is 6.61 Å². The fourth-order valence-corrected chi connectivity index (χ4v) is 6.52. The highest BCUT2D eigenvalue weighted by atomic mass is 32.1. The minimum absolute atomic E-state index is 0.114. The van der Waals surface area contributed by atoms with E-state index in [9.17, 15) is 14.7 Å². The largest absolute Gasteiger partial charge is 0.494 e. The summed E-state index contributed by atoms with van der Waals surface area (Å²) in [5.41, 5.74) is 14.9. The van der Waals surface area contributed by atoms with Gasteiger partial charge in [0.05, 0.1) is 17.5 Å². The summed E-state index contributed by atoms with van der Waals surface area (Å²) in [7, 11) is 0. The Morgan fingerprint density at radius 1 is 0.911 bits per heavy atom.